The predicted octanol–water partition coefficient (Wildman–Crippen LogP) is 3.19. The van der Waals surface area contributed by atoms with E-state index in [4.69, 9.17) is 0 Å². The highest BCUT2D eigenvalue weighted by Crippen LogP contribution is 2.24. The lowest BCUT2D eigenvalue weighted by molar-refractivity contribution is 0.167. The summed E-state index contributed by atoms with van der Waals surface area (Å²) >= 11 is 0. The van der Waals surface area contributed by atoms with Crippen LogP contribution >= 0.6 is 0 Å². The van der Waals surface area contributed by atoms with Crippen molar-refractivity contribution >= 4 is 0 Å². The van der Waals surface area contributed by atoms with Crippen molar-refractivity contribution in [2.24, 2.45) is 0 Å². The van der Waals surface area contributed by atoms with Gasteiger partial charge in [0.05, 0.1) is 12.7 Å². The molecule has 0 aliphatic carbocycles. The van der Waals surface area contributed by atoms with Crippen LogP contribution in [0.4, 0.5) is 4.39 Å². The number of benzene rings is 2. The third-order valence-corrected chi connectivity index (χ3v) is 3.60. The summed E-state index contributed by atoms with van der Waals surface area (Å²) in [5.41, 5.74) is 2.32. The number of aliphatic hydroxyl groups excluding tert-OH is 1. The molecule has 1 unspecified atom stereocenters. The van der Waals surface area contributed by atoms with Crippen LogP contribution in [-0.2, 0) is 6.54 Å². The molecule has 0 saturated carbocycles. The minimum atomic E-state index is -0.522. The minimum absolute atomic E-state index is 0.0365. The van der Waals surface area contributed by atoms with Gasteiger partial charge < -0.3 is 5.11 Å². The molecule has 0 spiro atoms. The van der Waals surface area contributed by atoms with Gasteiger partial charge >= 0.3 is 0 Å². The summed E-state index contributed by atoms with van der Waals surface area (Å²) < 4.78 is 13.4. The maximum absolute atomic E-state index is 13.4. The Morgan fingerprint density at radius 1 is 1.23 bits per heavy atom. The zero-order valence-corrected chi connectivity index (χ0v) is 12.5. The molecule has 4 heteroatoms. The lowest BCUT2D eigenvalue weighted by Crippen LogP contribution is -2.30. The normalized spacial score (nSPS) is 12.1. The molecule has 1 N–H and O–H groups in total. The number of nitriles is 1. The van der Waals surface area contributed by atoms with Gasteiger partial charge in [-0.25, -0.2) is 4.39 Å². The summed E-state index contributed by atoms with van der Waals surface area (Å²) in [6.07, 6.45) is 0. The number of hydrogen-bond donors (Lipinski definition) is 1. The van der Waals surface area contributed by atoms with Gasteiger partial charge in [0.2, 0.25) is 0 Å². The molecule has 0 amide bonds. The maximum atomic E-state index is 13.4. The van der Waals surface area contributed by atoms with E-state index in [-0.39, 0.29) is 12.4 Å². The molecule has 0 aliphatic rings. The smallest absolute Gasteiger partial charge is 0.126 e. The van der Waals surface area contributed by atoms with Crippen LogP contribution in [0.15, 0.2) is 48.5 Å². The van der Waals surface area contributed by atoms with E-state index in [0.717, 1.165) is 11.1 Å². The molecule has 2 aromatic rings. The van der Waals surface area contributed by atoms with Crippen molar-refractivity contribution < 1.29 is 9.50 Å². The van der Waals surface area contributed by atoms with Gasteiger partial charge in [-0.05, 0) is 29.7 Å². The Morgan fingerprint density at radius 3 is 2.55 bits per heavy atom. The third-order valence-electron chi connectivity index (χ3n) is 3.60. The second-order valence-electron chi connectivity index (χ2n) is 5.22. The fraction of sp³-hybridized carbons (Fsp3) is 0.278. The summed E-state index contributed by atoms with van der Waals surface area (Å²) in [5.74, 6) is -0.280. The Labute approximate surface area is 130 Å². The van der Waals surface area contributed by atoms with E-state index in [0.29, 0.717) is 18.7 Å². The Hall–Kier alpha value is -2.22. The van der Waals surface area contributed by atoms with E-state index < -0.39 is 6.04 Å². The minimum Gasteiger partial charge on any atom is -0.395 e. The first-order valence-corrected chi connectivity index (χ1v) is 7.20. The molecule has 22 heavy (non-hydrogen) atoms. The van der Waals surface area contributed by atoms with Crippen LogP contribution in [0.1, 0.15) is 22.7 Å². The quantitative estimate of drug-likeness (QED) is 0.891. The van der Waals surface area contributed by atoms with E-state index in [9.17, 15) is 14.8 Å². The monoisotopic (exact) mass is 298 g/mol. The first kappa shape index (κ1) is 16.2. The molecular weight excluding hydrogens is 279 g/mol. The fourth-order valence-corrected chi connectivity index (χ4v) is 2.45. The lowest BCUT2D eigenvalue weighted by Gasteiger charge is -2.27. The maximum Gasteiger partial charge on any atom is 0.126 e. The zero-order valence-electron chi connectivity index (χ0n) is 12.5. The van der Waals surface area contributed by atoms with Gasteiger partial charge in [-0.1, -0.05) is 42.5 Å². The molecule has 0 heterocycles. The van der Waals surface area contributed by atoms with Crippen LogP contribution in [-0.4, -0.2) is 23.2 Å². The predicted molar refractivity (Wildman–Crippen MR) is 83.4 cm³/mol. The zero-order chi connectivity index (χ0) is 15.9. The van der Waals surface area contributed by atoms with Crippen molar-refractivity contribution in [3.05, 3.63) is 71.0 Å². The number of nitrogens with zero attached hydrogens (tertiary/aromatic N) is 2. The molecular formula is C18H19FN2O. The molecule has 114 valence electrons. The van der Waals surface area contributed by atoms with E-state index in [1.165, 1.54) is 6.07 Å². The Morgan fingerprint density at radius 2 is 1.95 bits per heavy atom. The highest BCUT2D eigenvalue weighted by atomic mass is 19.1. The topological polar surface area (TPSA) is 47.3 Å². The first-order valence-electron chi connectivity index (χ1n) is 7.20. The van der Waals surface area contributed by atoms with E-state index in [1.54, 1.807) is 19.1 Å². The van der Waals surface area contributed by atoms with Gasteiger partial charge in [-0.15, -0.1) is 0 Å². The third kappa shape index (κ3) is 3.91. The highest BCUT2D eigenvalue weighted by molar-refractivity contribution is 5.30. The number of rotatable bonds is 6. The Balaban J connectivity index is 2.27. The lowest BCUT2D eigenvalue weighted by atomic mass is 10.0. The molecule has 0 saturated heterocycles. The number of aliphatic hydroxyl groups is 1. The molecule has 2 aromatic carbocycles. The van der Waals surface area contributed by atoms with Gasteiger partial charge in [-0.3, -0.25) is 4.90 Å². The summed E-state index contributed by atoms with van der Waals surface area (Å²) in [7, 11) is 0. The van der Waals surface area contributed by atoms with Crippen LogP contribution in [0.25, 0.3) is 0 Å². The molecule has 0 aromatic heterocycles. The van der Waals surface area contributed by atoms with Crippen molar-refractivity contribution in [2.45, 2.75) is 19.5 Å². The summed E-state index contributed by atoms with van der Waals surface area (Å²) in [6.45, 7) is 2.58. The van der Waals surface area contributed by atoms with Crippen LogP contribution in [0.2, 0.25) is 0 Å². The fourth-order valence-electron chi connectivity index (χ4n) is 2.45. The van der Waals surface area contributed by atoms with Crippen molar-refractivity contribution in [1.82, 2.24) is 4.90 Å². The van der Waals surface area contributed by atoms with Crippen LogP contribution in [0.5, 0.6) is 0 Å². The van der Waals surface area contributed by atoms with Gasteiger partial charge in [0.15, 0.2) is 0 Å². The van der Waals surface area contributed by atoms with Crippen molar-refractivity contribution in [3.8, 4) is 6.07 Å². The molecule has 0 bridgehead atoms. The standard InChI is InChI=1S/C18H19FN2O/c1-14-11-16(7-8-17(14)19)18(12-20)21(9-10-22)13-15-5-3-2-4-6-15/h2-8,11,18,22H,9-10,13H2,1H3. The van der Waals surface area contributed by atoms with Gasteiger partial charge in [0.1, 0.15) is 11.9 Å². The Bertz CT molecular complexity index is 652. The van der Waals surface area contributed by atoms with E-state index in [2.05, 4.69) is 6.07 Å². The molecule has 1 atom stereocenters. The average Bonchev–Trinajstić information content (AvgIpc) is 2.52. The van der Waals surface area contributed by atoms with Crippen molar-refractivity contribution in [3.63, 3.8) is 0 Å². The SMILES string of the molecule is Cc1cc(C(C#N)N(CCO)Cc2ccccc2)ccc1F. The molecule has 0 aliphatic heterocycles. The van der Waals surface area contributed by atoms with Crippen LogP contribution < -0.4 is 0 Å². The van der Waals surface area contributed by atoms with Crippen LogP contribution in [0, 0.1) is 24.1 Å². The summed E-state index contributed by atoms with van der Waals surface area (Å²) in [5, 5.41) is 18.8. The summed E-state index contributed by atoms with van der Waals surface area (Å²) in [6, 6.07) is 16.2. The van der Waals surface area contributed by atoms with Crippen LogP contribution in [0.3, 0.4) is 0 Å². The second kappa shape index (κ2) is 7.69. The van der Waals surface area contributed by atoms with Gasteiger partial charge in [-0.2, -0.15) is 5.26 Å². The number of aryl methyl sites for hydroxylation is 1. The van der Waals surface area contributed by atoms with E-state index in [1.807, 2.05) is 35.2 Å². The molecule has 2 rings (SSSR count). The number of hydrogen-bond acceptors (Lipinski definition) is 3. The largest absolute Gasteiger partial charge is 0.395 e. The summed E-state index contributed by atoms with van der Waals surface area (Å²) in [4.78, 5) is 1.89. The Kier molecular flexibility index (Phi) is 5.65. The first-order chi connectivity index (χ1) is 10.7. The molecule has 0 fully saturated rings. The number of halogens is 1. The van der Waals surface area contributed by atoms with E-state index >= 15 is 0 Å². The average molecular weight is 298 g/mol. The highest BCUT2D eigenvalue weighted by Gasteiger charge is 2.20. The van der Waals surface area contributed by atoms with Crippen molar-refractivity contribution in [2.75, 3.05) is 13.2 Å². The molecule has 3 nitrogen and oxygen atoms in total. The van der Waals surface area contributed by atoms with Crippen molar-refractivity contribution in [1.29, 1.82) is 5.26 Å². The van der Waals surface area contributed by atoms with Gasteiger partial charge in [0.25, 0.3) is 0 Å². The van der Waals surface area contributed by atoms with Gasteiger partial charge in [0, 0.05) is 13.1 Å². The second-order valence-corrected chi connectivity index (χ2v) is 5.22. The molecule has 0 radical (unpaired) electrons.